The van der Waals surface area contributed by atoms with Gasteiger partial charge in [-0.2, -0.15) is 4.98 Å². The van der Waals surface area contributed by atoms with Gasteiger partial charge in [0.25, 0.3) is 0 Å². The smallest absolute Gasteiger partial charge is 0.229 e. The van der Waals surface area contributed by atoms with Crippen molar-refractivity contribution in [2.75, 3.05) is 17.2 Å². The Morgan fingerprint density at radius 1 is 1.00 bits per heavy atom. The largest absolute Gasteiger partial charge is 0.396 e. The van der Waals surface area contributed by atoms with Crippen LogP contribution in [0.15, 0.2) is 60.8 Å². The second-order valence-electron chi connectivity index (χ2n) is 7.64. The first kappa shape index (κ1) is 19.0. The molecule has 0 saturated heterocycles. The molecule has 1 fully saturated rings. The number of benzene rings is 2. The maximum Gasteiger partial charge on any atom is 0.229 e. The Hall–Kier alpha value is -3.03. The van der Waals surface area contributed by atoms with E-state index in [2.05, 4.69) is 21.7 Å². The number of fused-ring (bicyclic) bond motifs is 1. The summed E-state index contributed by atoms with van der Waals surface area (Å²) >= 11 is 1.65. The van der Waals surface area contributed by atoms with E-state index >= 15 is 0 Å². The van der Waals surface area contributed by atoms with E-state index < -0.39 is 0 Å². The summed E-state index contributed by atoms with van der Waals surface area (Å²) in [6.07, 6.45) is 4.85. The van der Waals surface area contributed by atoms with Gasteiger partial charge in [-0.15, -0.1) is 11.3 Å². The fraction of sp³-hybridized carbons (Fsp3) is 0.261. The lowest BCUT2D eigenvalue weighted by Crippen LogP contribution is -2.18. The van der Waals surface area contributed by atoms with Gasteiger partial charge in [0.2, 0.25) is 5.95 Å². The fourth-order valence-electron chi connectivity index (χ4n) is 3.91. The molecule has 3 N–H and O–H groups in total. The van der Waals surface area contributed by atoms with Gasteiger partial charge in [0, 0.05) is 24.5 Å². The van der Waals surface area contributed by atoms with E-state index in [9.17, 15) is 5.11 Å². The van der Waals surface area contributed by atoms with Crippen LogP contribution in [0, 0.1) is 5.92 Å². The molecule has 0 spiro atoms. The molecule has 5 rings (SSSR count). The Morgan fingerprint density at radius 3 is 2.63 bits per heavy atom. The van der Waals surface area contributed by atoms with Gasteiger partial charge in [-0.05, 0) is 49.4 Å². The Morgan fingerprint density at radius 2 is 1.83 bits per heavy atom. The number of thiazole rings is 1. The molecule has 1 aliphatic carbocycles. The number of aliphatic hydroxyl groups is 1. The highest BCUT2D eigenvalue weighted by Gasteiger charge is 2.25. The highest BCUT2D eigenvalue weighted by atomic mass is 32.1. The molecule has 0 radical (unpaired) electrons. The van der Waals surface area contributed by atoms with Crippen molar-refractivity contribution in [3.63, 3.8) is 0 Å². The van der Waals surface area contributed by atoms with E-state index in [0.29, 0.717) is 11.9 Å². The molecule has 1 saturated carbocycles. The van der Waals surface area contributed by atoms with Crippen molar-refractivity contribution >= 4 is 39.0 Å². The zero-order chi connectivity index (χ0) is 20.3. The molecule has 6 nitrogen and oxygen atoms in total. The molecule has 0 aliphatic heterocycles. The summed E-state index contributed by atoms with van der Waals surface area (Å²) in [5.41, 5.74) is 2.83. The summed E-state index contributed by atoms with van der Waals surface area (Å²) in [6, 6.07) is 18.3. The zero-order valence-corrected chi connectivity index (χ0v) is 17.3. The normalized spacial score (nSPS) is 18.6. The molecule has 2 aromatic heterocycles. The second kappa shape index (κ2) is 8.38. The number of para-hydroxylation sites is 2. The van der Waals surface area contributed by atoms with E-state index in [-0.39, 0.29) is 12.6 Å². The van der Waals surface area contributed by atoms with Crippen molar-refractivity contribution in [3.05, 3.63) is 60.8 Å². The van der Waals surface area contributed by atoms with E-state index in [0.717, 1.165) is 51.6 Å². The Balaban J connectivity index is 1.49. The van der Waals surface area contributed by atoms with Crippen molar-refractivity contribution < 1.29 is 5.11 Å². The molecule has 2 heterocycles. The van der Waals surface area contributed by atoms with Crippen LogP contribution >= 0.6 is 11.3 Å². The van der Waals surface area contributed by atoms with E-state index in [4.69, 9.17) is 9.97 Å². The van der Waals surface area contributed by atoms with E-state index in [1.165, 1.54) is 0 Å². The third kappa shape index (κ3) is 3.99. The van der Waals surface area contributed by atoms with Crippen molar-refractivity contribution in [1.82, 2.24) is 15.0 Å². The number of aliphatic hydroxyl groups excluding tert-OH is 1. The first-order chi connectivity index (χ1) is 14.8. The summed E-state index contributed by atoms with van der Waals surface area (Å²) in [5.74, 6) is 1.69. The Kier molecular flexibility index (Phi) is 5.29. The molecule has 152 valence electrons. The monoisotopic (exact) mass is 417 g/mol. The molecule has 4 aromatic rings. The molecule has 30 heavy (non-hydrogen) atoms. The lowest BCUT2D eigenvalue weighted by atomic mass is 10.1. The minimum atomic E-state index is 0.244. The SMILES string of the molecule is OC[C@@H]1CCC(Nc2nc(Nc3ccccc3)ncc2-c2nc3ccccc3s2)C1. The Bertz CT molecular complexity index is 1110. The van der Waals surface area contributed by atoms with Crippen LogP contribution in [0.2, 0.25) is 0 Å². The first-order valence-electron chi connectivity index (χ1n) is 10.2. The van der Waals surface area contributed by atoms with Gasteiger partial charge < -0.3 is 15.7 Å². The molecular weight excluding hydrogens is 394 g/mol. The van der Waals surface area contributed by atoms with Crippen LogP contribution in [0.1, 0.15) is 19.3 Å². The number of rotatable bonds is 6. The summed E-state index contributed by atoms with van der Waals surface area (Å²) in [6.45, 7) is 0.244. The number of aromatic nitrogens is 3. The summed E-state index contributed by atoms with van der Waals surface area (Å²) in [5, 5.41) is 17.3. The van der Waals surface area contributed by atoms with Crippen molar-refractivity contribution in [3.8, 4) is 10.6 Å². The van der Waals surface area contributed by atoms with Crippen LogP contribution in [0.3, 0.4) is 0 Å². The minimum Gasteiger partial charge on any atom is -0.396 e. The number of hydrogen-bond acceptors (Lipinski definition) is 7. The van der Waals surface area contributed by atoms with Crippen LogP contribution in [-0.2, 0) is 0 Å². The van der Waals surface area contributed by atoms with Crippen LogP contribution < -0.4 is 10.6 Å². The van der Waals surface area contributed by atoms with Crippen molar-refractivity contribution in [2.24, 2.45) is 5.92 Å². The van der Waals surface area contributed by atoms with Gasteiger partial charge in [0.05, 0.1) is 15.8 Å². The lowest BCUT2D eigenvalue weighted by molar-refractivity contribution is 0.229. The second-order valence-corrected chi connectivity index (χ2v) is 8.67. The molecule has 0 bridgehead atoms. The third-order valence-electron chi connectivity index (χ3n) is 5.48. The van der Waals surface area contributed by atoms with Crippen LogP contribution in [0.5, 0.6) is 0 Å². The predicted octanol–water partition coefficient (Wildman–Crippen LogP) is 5.07. The Labute approximate surface area is 179 Å². The molecule has 2 aromatic carbocycles. The average molecular weight is 418 g/mol. The number of nitrogens with one attached hydrogen (secondary N) is 2. The first-order valence-corrected chi connectivity index (χ1v) is 11.0. The maximum atomic E-state index is 9.50. The summed E-state index contributed by atoms with van der Waals surface area (Å²) in [7, 11) is 0. The average Bonchev–Trinajstić information content (AvgIpc) is 3.41. The zero-order valence-electron chi connectivity index (χ0n) is 16.5. The summed E-state index contributed by atoms with van der Waals surface area (Å²) in [4.78, 5) is 14.2. The van der Waals surface area contributed by atoms with E-state index in [1.807, 2.05) is 54.7 Å². The van der Waals surface area contributed by atoms with Gasteiger partial charge >= 0.3 is 0 Å². The highest BCUT2D eigenvalue weighted by molar-refractivity contribution is 7.21. The van der Waals surface area contributed by atoms with Crippen molar-refractivity contribution in [2.45, 2.75) is 25.3 Å². The van der Waals surface area contributed by atoms with Gasteiger partial charge in [0.1, 0.15) is 10.8 Å². The van der Waals surface area contributed by atoms with Crippen molar-refractivity contribution in [1.29, 1.82) is 0 Å². The van der Waals surface area contributed by atoms with E-state index in [1.54, 1.807) is 11.3 Å². The van der Waals surface area contributed by atoms with Crippen LogP contribution in [-0.4, -0.2) is 32.7 Å². The van der Waals surface area contributed by atoms with Crippen LogP contribution in [0.25, 0.3) is 20.8 Å². The van der Waals surface area contributed by atoms with Gasteiger partial charge in [-0.25, -0.2) is 9.97 Å². The van der Waals surface area contributed by atoms with Crippen LogP contribution in [0.4, 0.5) is 17.5 Å². The highest BCUT2D eigenvalue weighted by Crippen LogP contribution is 2.36. The van der Waals surface area contributed by atoms with Gasteiger partial charge in [0.15, 0.2) is 0 Å². The minimum absolute atomic E-state index is 0.244. The molecule has 7 heteroatoms. The molecule has 2 atom stereocenters. The number of nitrogens with zero attached hydrogens (tertiary/aromatic N) is 3. The molecule has 1 unspecified atom stereocenters. The third-order valence-corrected chi connectivity index (χ3v) is 6.55. The number of hydrogen-bond donors (Lipinski definition) is 3. The predicted molar refractivity (Wildman–Crippen MR) is 122 cm³/mol. The van der Waals surface area contributed by atoms with Gasteiger partial charge in [-0.1, -0.05) is 30.3 Å². The molecular formula is C23H23N5OS. The summed E-state index contributed by atoms with van der Waals surface area (Å²) < 4.78 is 1.14. The topological polar surface area (TPSA) is 83.0 Å². The standard InChI is InChI=1S/C23H23N5OS/c29-14-15-10-11-17(12-15)25-21-18(22-27-19-8-4-5-9-20(19)30-22)13-24-23(28-21)26-16-6-2-1-3-7-16/h1-9,13,15,17,29H,10-12,14H2,(H2,24,25,26,28)/t15-,17?/m1/s1. The fourth-order valence-corrected chi connectivity index (χ4v) is 4.89. The quantitative estimate of drug-likeness (QED) is 0.406. The maximum absolute atomic E-state index is 9.50. The van der Waals surface area contributed by atoms with Gasteiger partial charge in [-0.3, -0.25) is 0 Å². The molecule has 1 aliphatic rings. The molecule has 0 amide bonds. The lowest BCUT2D eigenvalue weighted by Gasteiger charge is -2.17. The number of anilines is 3.